The van der Waals surface area contributed by atoms with Crippen molar-refractivity contribution in [3.05, 3.63) is 109 Å². The Bertz CT molecular complexity index is 1820. The number of fused-ring (bicyclic) bond motifs is 9. The first-order chi connectivity index (χ1) is 16.3. The highest BCUT2D eigenvalue weighted by Gasteiger charge is 2.12. The van der Waals surface area contributed by atoms with Crippen LogP contribution in [0, 0.1) is 0 Å². The Kier molecular flexibility index (Phi) is 4.07. The van der Waals surface area contributed by atoms with Gasteiger partial charge in [0.25, 0.3) is 0 Å². The molecule has 0 unspecified atom stereocenters. The summed E-state index contributed by atoms with van der Waals surface area (Å²) in [4.78, 5) is 0. The number of hydrogen-bond acceptors (Lipinski definition) is 2. The standard InChI is InChI=1S/C31H21NS/c32-18-21-6-5-11-30-31(21)28-17-20(13-15-29(28)33-30)19-12-14-26-24-9-2-1-7-22(24)23-8-3-4-10-25(23)27(26)16-19/h1-17H,18,32H2. The second-order valence-electron chi connectivity index (χ2n) is 8.66. The van der Waals surface area contributed by atoms with Crippen molar-refractivity contribution in [2.75, 3.05) is 0 Å². The lowest BCUT2D eigenvalue weighted by Crippen LogP contribution is -1.95. The van der Waals surface area contributed by atoms with E-state index in [1.54, 1.807) is 0 Å². The second kappa shape index (κ2) is 7.14. The smallest absolute Gasteiger partial charge is 0.0358 e. The van der Waals surface area contributed by atoms with Gasteiger partial charge in [-0.1, -0.05) is 78.9 Å². The molecule has 0 aliphatic rings. The van der Waals surface area contributed by atoms with Crippen molar-refractivity contribution in [1.29, 1.82) is 0 Å². The number of thiophene rings is 1. The molecule has 1 aromatic heterocycles. The SMILES string of the molecule is NCc1cccc2sc3ccc(-c4ccc5c6ccccc6c6ccccc6c5c4)cc3c12. The maximum absolute atomic E-state index is 6.08. The fourth-order valence-corrected chi connectivity index (χ4v) is 6.47. The molecule has 0 amide bonds. The van der Waals surface area contributed by atoms with Crippen molar-refractivity contribution in [2.45, 2.75) is 6.54 Å². The van der Waals surface area contributed by atoms with Gasteiger partial charge < -0.3 is 5.73 Å². The van der Waals surface area contributed by atoms with Crippen LogP contribution in [0.4, 0.5) is 0 Å². The molecular formula is C31H21NS. The first-order valence-corrected chi connectivity index (χ1v) is 12.1. The summed E-state index contributed by atoms with van der Waals surface area (Å²) in [6.45, 7) is 0.558. The van der Waals surface area contributed by atoms with Crippen molar-refractivity contribution in [3.63, 3.8) is 0 Å². The molecule has 0 aliphatic carbocycles. The van der Waals surface area contributed by atoms with Crippen LogP contribution in [0.15, 0.2) is 103 Å². The molecule has 1 heterocycles. The van der Waals surface area contributed by atoms with E-state index >= 15 is 0 Å². The Labute approximate surface area is 195 Å². The highest BCUT2D eigenvalue weighted by Crippen LogP contribution is 2.40. The van der Waals surface area contributed by atoms with Gasteiger partial charge in [0.2, 0.25) is 0 Å². The Balaban J connectivity index is 1.53. The van der Waals surface area contributed by atoms with E-state index in [0.29, 0.717) is 6.54 Å². The molecule has 0 atom stereocenters. The quantitative estimate of drug-likeness (QED) is 0.268. The summed E-state index contributed by atoms with van der Waals surface area (Å²) in [6, 6.07) is 37.7. The van der Waals surface area contributed by atoms with Crippen LogP contribution in [-0.4, -0.2) is 0 Å². The van der Waals surface area contributed by atoms with Gasteiger partial charge in [-0.25, -0.2) is 0 Å². The van der Waals surface area contributed by atoms with Crippen LogP contribution in [0.3, 0.4) is 0 Å². The number of hydrogen-bond donors (Lipinski definition) is 1. The molecule has 6 aromatic carbocycles. The summed E-state index contributed by atoms with van der Waals surface area (Å²) in [5, 5.41) is 10.5. The third kappa shape index (κ3) is 2.75. The maximum Gasteiger partial charge on any atom is 0.0358 e. The summed E-state index contributed by atoms with van der Waals surface area (Å²) in [7, 11) is 0. The van der Waals surface area contributed by atoms with Gasteiger partial charge in [0.05, 0.1) is 0 Å². The monoisotopic (exact) mass is 439 g/mol. The van der Waals surface area contributed by atoms with E-state index in [1.807, 2.05) is 11.3 Å². The topological polar surface area (TPSA) is 26.0 Å². The molecule has 0 spiro atoms. The third-order valence-electron chi connectivity index (χ3n) is 6.88. The first-order valence-electron chi connectivity index (χ1n) is 11.3. The zero-order valence-electron chi connectivity index (χ0n) is 18.0. The molecule has 156 valence electrons. The highest BCUT2D eigenvalue weighted by molar-refractivity contribution is 7.25. The molecule has 0 saturated heterocycles. The van der Waals surface area contributed by atoms with Gasteiger partial charge >= 0.3 is 0 Å². The van der Waals surface area contributed by atoms with E-state index in [0.717, 1.165) is 0 Å². The molecule has 1 nitrogen and oxygen atoms in total. The summed E-state index contributed by atoms with van der Waals surface area (Å²) < 4.78 is 2.62. The van der Waals surface area contributed by atoms with Crippen LogP contribution in [0.1, 0.15) is 5.56 Å². The minimum Gasteiger partial charge on any atom is -0.326 e. The van der Waals surface area contributed by atoms with Crippen LogP contribution >= 0.6 is 11.3 Å². The molecule has 0 aliphatic heterocycles. The molecule has 33 heavy (non-hydrogen) atoms. The van der Waals surface area contributed by atoms with Crippen LogP contribution in [0.2, 0.25) is 0 Å². The number of nitrogens with two attached hydrogens (primary N) is 1. The predicted octanol–water partition coefficient (Wildman–Crippen LogP) is 8.64. The van der Waals surface area contributed by atoms with Gasteiger partial charge in [0.1, 0.15) is 0 Å². The van der Waals surface area contributed by atoms with E-state index in [-0.39, 0.29) is 0 Å². The molecule has 0 bridgehead atoms. The summed E-state index contributed by atoms with van der Waals surface area (Å²) in [5.74, 6) is 0. The largest absolute Gasteiger partial charge is 0.326 e. The van der Waals surface area contributed by atoms with Gasteiger partial charge in [-0.15, -0.1) is 11.3 Å². The van der Waals surface area contributed by atoms with E-state index < -0.39 is 0 Å². The van der Waals surface area contributed by atoms with Crippen molar-refractivity contribution in [2.24, 2.45) is 5.73 Å². The molecule has 0 radical (unpaired) electrons. The lowest BCUT2D eigenvalue weighted by Gasteiger charge is -2.12. The summed E-state index contributed by atoms with van der Waals surface area (Å²) in [6.07, 6.45) is 0. The van der Waals surface area contributed by atoms with Crippen molar-refractivity contribution >= 4 is 63.8 Å². The summed E-state index contributed by atoms with van der Waals surface area (Å²) >= 11 is 1.85. The Morgan fingerprint density at radius 1 is 0.485 bits per heavy atom. The van der Waals surface area contributed by atoms with Crippen molar-refractivity contribution < 1.29 is 0 Å². The van der Waals surface area contributed by atoms with Crippen LogP contribution in [0.25, 0.3) is 63.6 Å². The average Bonchev–Trinajstić information content (AvgIpc) is 3.27. The van der Waals surface area contributed by atoms with E-state index in [9.17, 15) is 0 Å². The van der Waals surface area contributed by atoms with Gasteiger partial charge in [-0.2, -0.15) is 0 Å². The van der Waals surface area contributed by atoms with E-state index in [4.69, 9.17) is 5.73 Å². The third-order valence-corrected chi connectivity index (χ3v) is 8.01. The van der Waals surface area contributed by atoms with Crippen LogP contribution in [-0.2, 0) is 6.54 Å². The minimum atomic E-state index is 0.558. The molecule has 7 aromatic rings. The van der Waals surface area contributed by atoms with E-state index in [1.165, 1.54) is 69.2 Å². The lowest BCUT2D eigenvalue weighted by molar-refractivity contribution is 1.09. The molecule has 7 rings (SSSR count). The first kappa shape index (κ1) is 18.8. The fourth-order valence-electron chi connectivity index (χ4n) is 5.34. The van der Waals surface area contributed by atoms with Crippen LogP contribution in [0.5, 0.6) is 0 Å². The molecular weight excluding hydrogens is 418 g/mol. The van der Waals surface area contributed by atoms with Crippen LogP contribution < -0.4 is 5.73 Å². The number of benzene rings is 6. The zero-order valence-corrected chi connectivity index (χ0v) is 18.8. The Hall–Kier alpha value is -3.72. The molecule has 2 heteroatoms. The average molecular weight is 440 g/mol. The van der Waals surface area contributed by atoms with Crippen molar-refractivity contribution in [3.8, 4) is 11.1 Å². The van der Waals surface area contributed by atoms with E-state index in [2.05, 4.69) is 103 Å². The molecule has 2 N–H and O–H groups in total. The zero-order chi connectivity index (χ0) is 21.9. The Morgan fingerprint density at radius 3 is 1.73 bits per heavy atom. The minimum absolute atomic E-state index is 0.558. The summed E-state index contributed by atoms with van der Waals surface area (Å²) in [5.41, 5.74) is 9.78. The molecule has 0 fully saturated rings. The van der Waals surface area contributed by atoms with Gasteiger partial charge in [0, 0.05) is 26.7 Å². The van der Waals surface area contributed by atoms with Gasteiger partial charge in [0.15, 0.2) is 0 Å². The van der Waals surface area contributed by atoms with Crippen molar-refractivity contribution in [1.82, 2.24) is 0 Å². The van der Waals surface area contributed by atoms with Gasteiger partial charge in [-0.3, -0.25) is 0 Å². The second-order valence-corrected chi connectivity index (χ2v) is 9.74. The maximum atomic E-state index is 6.08. The lowest BCUT2D eigenvalue weighted by atomic mass is 9.92. The number of rotatable bonds is 2. The Morgan fingerprint density at radius 2 is 1.06 bits per heavy atom. The van der Waals surface area contributed by atoms with Gasteiger partial charge in [-0.05, 0) is 73.3 Å². The predicted molar refractivity (Wildman–Crippen MR) is 145 cm³/mol. The normalized spacial score (nSPS) is 11.9. The highest BCUT2D eigenvalue weighted by atomic mass is 32.1. The fraction of sp³-hybridized carbons (Fsp3) is 0.0323. The molecule has 0 saturated carbocycles.